The average molecular weight is 369 g/mol. The van der Waals surface area contributed by atoms with Crippen LogP contribution in [0, 0.1) is 5.92 Å². The van der Waals surface area contributed by atoms with Gasteiger partial charge in [-0.05, 0) is 74.2 Å². The fraction of sp³-hybridized carbons (Fsp3) is 0.565. The molecule has 1 spiro atoms. The molecule has 1 aliphatic heterocycles. The van der Waals surface area contributed by atoms with Gasteiger partial charge in [0.15, 0.2) is 11.8 Å². The van der Waals surface area contributed by atoms with E-state index < -0.39 is 0 Å². The van der Waals surface area contributed by atoms with Crippen LogP contribution in [0.25, 0.3) is 0 Å². The molecule has 2 heterocycles. The Labute approximate surface area is 162 Å². The second-order valence-corrected chi connectivity index (χ2v) is 8.87. The van der Waals surface area contributed by atoms with Crippen LogP contribution in [-0.4, -0.2) is 39.3 Å². The number of aromatic hydroxyl groups is 2. The van der Waals surface area contributed by atoms with Crippen LogP contribution in [0.3, 0.4) is 0 Å². The highest BCUT2D eigenvalue weighted by Crippen LogP contribution is 2.50. The third kappa shape index (κ3) is 3.36. The summed E-state index contributed by atoms with van der Waals surface area (Å²) in [5, 5.41) is 20.5. The Hall–Kier alpha value is -1.94. The third-order valence-corrected chi connectivity index (χ3v) is 6.81. The summed E-state index contributed by atoms with van der Waals surface area (Å²) >= 11 is 0. The van der Waals surface area contributed by atoms with Crippen LogP contribution in [0.15, 0.2) is 36.4 Å². The van der Waals surface area contributed by atoms with E-state index in [-0.39, 0.29) is 23.2 Å². The van der Waals surface area contributed by atoms with E-state index >= 15 is 0 Å². The van der Waals surface area contributed by atoms with Gasteiger partial charge in [0.25, 0.3) is 0 Å². The van der Waals surface area contributed by atoms with Crippen LogP contribution in [0.1, 0.15) is 63.1 Å². The molecule has 0 bridgehead atoms. The molecule has 1 atom stereocenters. The van der Waals surface area contributed by atoms with Crippen molar-refractivity contribution in [3.8, 4) is 11.8 Å². The Morgan fingerprint density at radius 2 is 1.67 bits per heavy atom. The summed E-state index contributed by atoms with van der Waals surface area (Å²) in [6.07, 6.45) is 5.76. The molecule has 1 aromatic heterocycles. The first-order chi connectivity index (χ1) is 13.0. The number of rotatable bonds is 4. The Morgan fingerprint density at radius 1 is 1.00 bits per heavy atom. The summed E-state index contributed by atoms with van der Waals surface area (Å²) in [5.41, 5.74) is 2.94. The number of aromatic nitrogens is 1. The van der Waals surface area contributed by atoms with E-state index in [0.717, 1.165) is 18.8 Å². The van der Waals surface area contributed by atoms with E-state index in [1.54, 1.807) is 16.7 Å². The van der Waals surface area contributed by atoms with Crippen LogP contribution < -0.4 is 0 Å². The van der Waals surface area contributed by atoms with Gasteiger partial charge in [0.2, 0.25) is 0 Å². The van der Waals surface area contributed by atoms with E-state index in [9.17, 15) is 10.2 Å². The van der Waals surface area contributed by atoms with Crippen LogP contribution in [-0.2, 0) is 5.41 Å². The summed E-state index contributed by atoms with van der Waals surface area (Å²) < 4.78 is 1.68. The van der Waals surface area contributed by atoms with Gasteiger partial charge >= 0.3 is 0 Å². The standard InChI is InChI=1S/C23H32N2O2/c1-17(2)10-14-24-15-12-23(13-16-24)11-9-20(18-5-3-4-6-19(18)23)25-21(26)7-8-22(25)27/h3-8,17,20,26-27H,9-16H2,1-2H3/t20-/m0/s1. The molecule has 1 fully saturated rings. The number of likely N-dealkylation sites (tertiary alicyclic amines) is 1. The molecule has 4 nitrogen and oxygen atoms in total. The van der Waals surface area contributed by atoms with Crippen LogP contribution >= 0.6 is 0 Å². The first-order valence-electron chi connectivity index (χ1n) is 10.4. The number of hydrogen-bond donors (Lipinski definition) is 2. The molecule has 146 valence electrons. The molecule has 0 radical (unpaired) electrons. The minimum atomic E-state index is 0.0146. The van der Waals surface area contributed by atoms with Gasteiger partial charge < -0.3 is 15.1 Å². The molecule has 4 rings (SSSR count). The topological polar surface area (TPSA) is 48.6 Å². The van der Waals surface area contributed by atoms with E-state index in [0.29, 0.717) is 0 Å². The third-order valence-electron chi connectivity index (χ3n) is 6.81. The molecule has 0 amide bonds. The second-order valence-electron chi connectivity index (χ2n) is 8.87. The van der Waals surface area contributed by atoms with Crippen LogP contribution in [0.4, 0.5) is 0 Å². The fourth-order valence-electron chi connectivity index (χ4n) is 5.15. The minimum Gasteiger partial charge on any atom is -0.494 e. The maximum Gasteiger partial charge on any atom is 0.194 e. The normalized spacial score (nSPS) is 22.3. The summed E-state index contributed by atoms with van der Waals surface area (Å²) in [4.78, 5) is 2.63. The summed E-state index contributed by atoms with van der Waals surface area (Å²) in [6, 6.07) is 11.9. The highest BCUT2D eigenvalue weighted by atomic mass is 16.3. The van der Waals surface area contributed by atoms with Crippen LogP contribution in [0.5, 0.6) is 11.8 Å². The lowest BCUT2D eigenvalue weighted by molar-refractivity contribution is 0.133. The van der Waals surface area contributed by atoms with Crippen molar-refractivity contribution in [1.82, 2.24) is 9.47 Å². The zero-order valence-corrected chi connectivity index (χ0v) is 16.6. The fourth-order valence-corrected chi connectivity index (χ4v) is 5.15. The molecule has 2 aliphatic rings. The Kier molecular flexibility index (Phi) is 4.94. The summed E-state index contributed by atoms with van der Waals surface area (Å²) in [7, 11) is 0. The van der Waals surface area contributed by atoms with Crippen molar-refractivity contribution < 1.29 is 10.2 Å². The summed E-state index contributed by atoms with van der Waals surface area (Å²) in [5.74, 6) is 1.05. The maximum atomic E-state index is 10.2. The van der Waals surface area contributed by atoms with Crippen molar-refractivity contribution in [2.75, 3.05) is 19.6 Å². The molecule has 4 heteroatoms. The van der Waals surface area contributed by atoms with Crippen molar-refractivity contribution in [2.24, 2.45) is 5.92 Å². The largest absolute Gasteiger partial charge is 0.494 e. The highest BCUT2D eigenvalue weighted by molar-refractivity contribution is 5.42. The zero-order chi connectivity index (χ0) is 19.0. The van der Waals surface area contributed by atoms with Gasteiger partial charge in [-0.2, -0.15) is 0 Å². The Bertz CT molecular complexity index is 768. The van der Waals surface area contributed by atoms with Gasteiger partial charge in [-0.25, -0.2) is 0 Å². The van der Waals surface area contributed by atoms with Crippen molar-refractivity contribution in [1.29, 1.82) is 0 Å². The molecule has 1 aliphatic carbocycles. The van der Waals surface area contributed by atoms with E-state index in [4.69, 9.17) is 0 Å². The predicted octanol–water partition coefficient (Wildman–Crippen LogP) is 4.66. The van der Waals surface area contributed by atoms with Crippen molar-refractivity contribution in [3.05, 3.63) is 47.5 Å². The molecule has 0 saturated carbocycles. The predicted molar refractivity (Wildman–Crippen MR) is 108 cm³/mol. The second kappa shape index (κ2) is 7.23. The zero-order valence-electron chi connectivity index (χ0n) is 16.6. The lowest BCUT2D eigenvalue weighted by Crippen LogP contribution is -2.45. The maximum absolute atomic E-state index is 10.2. The first kappa shape index (κ1) is 18.4. The molecular formula is C23H32N2O2. The Morgan fingerprint density at radius 3 is 2.33 bits per heavy atom. The molecule has 1 aromatic carbocycles. The molecule has 2 aromatic rings. The SMILES string of the molecule is CC(C)CCN1CCC2(CC[C@H](n3c(O)ccc3O)c3ccccc32)CC1. The lowest BCUT2D eigenvalue weighted by Gasteiger charge is -2.47. The molecule has 0 unspecified atom stereocenters. The number of fused-ring (bicyclic) bond motifs is 2. The van der Waals surface area contributed by atoms with Gasteiger partial charge in [-0.15, -0.1) is 0 Å². The van der Waals surface area contributed by atoms with E-state index in [1.807, 2.05) is 0 Å². The van der Waals surface area contributed by atoms with Crippen molar-refractivity contribution in [3.63, 3.8) is 0 Å². The number of piperidine rings is 1. The monoisotopic (exact) mass is 368 g/mol. The average Bonchev–Trinajstić information content (AvgIpc) is 3.00. The molecule has 1 saturated heterocycles. The minimum absolute atomic E-state index is 0.0146. The van der Waals surface area contributed by atoms with Gasteiger partial charge in [0.05, 0.1) is 6.04 Å². The van der Waals surface area contributed by atoms with Gasteiger partial charge in [0, 0.05) is 12.1 Å². The summed E-state index contributed by atoms with van der Waals surface area (Å²) in [6.45, 7) is 8.16. The van der Waals surface area contributed by atoms with E-state index in [1.165, 1.54) is 50.0 Å². The van der Waals surface area contributed by atoms with Crippen molar-refractivity contribution in [2.45, 2.75) is 57.4 Å². The van der Waals surface area contributed by atoms with Crippen molar-refractivity contribution >= 4 is 0 Å². The molecule has 27 heavy (non-hydrogen) atoms. The van der Waals surface area contributed by atoms with Crippen LogP contribution in [0.2, 0.25) is 0 Å². The smallest absolute Gasteiger partial charge is 0.194 e. The van der Waals surface area contributed by atoms with E-state index in [2.05, 4.69) is 43.0 Å². The number of benzene rings is 1. The lowest BCUT2D eigenvalue weighted by atomic mass is 9.63. The van der Waals surface area contributed by atoms with Gasteiger partial charge in [0.1, 0.15) is 0 Å². The highest BCUT2D eigenvalue weighted by Gasteiger charge is 2.42. The molecule has 2 N–H and O–H groups in total. The number of hydrogen-bond acceptors (Lipinski definition) is 3. The number of nitrogens with zero attached hydrogens (tertiary/aromatic N) is 2. The van der Waals surface area contributed by atoms with Gasteiger partial charge in [-0.1, -0.05) is 38.1 Å². The quantitative estimate of drug-likeness (QED) is 0.825. The molecular weight excluding hydrogens is 336 g/mol. The first-order valence-corrected chi connectivity index (χ1v) is 10.4. The Balaban J connectivity index is 1.59. The van der Waals surface area contributed by atoms with Gasteiger partial charge in [-0.3, -0.25) is 4.57 Å².